The third-order valence-corrected chi connectivity index (χ3v) is 6.47. The van der Waals surface area contributed by atoms with Crippen LogP contribution >= 0.6 is 11.6 Å². The van der Waals surface area contributed by atoms with Gasteiger partial charge in [-0.05, 0) is 43.3 Å². The van der Waals surface area contributed by atoms with Crippen LogP contribution in [0.5, 0.6) is 0 Å². The van der Waals surface area contributed by atoms with Gasteiger partial charge in [-0.1, -0.05) is 11.6 Å². The number of anilines is 1. The largest absolute Gasteiger partial charge is 0.449 e. The number of ether oxygens (including phenoxy) is 2. The Kier molecular flexibility index (Phi) is 7.03. The van der Waals surface area contributed by atoms with Crippen molar-refractivity contribution in [2.24, 2.45) is 0 Å². The Bertz CT molecular complexity index is 1010. The molecule has 1 aromatic carbocycles. The van der Waals surface area contributed by atoms with E-state index in [4.69, 9.17) is 21.1 Å². The lowest BCUT2D eigenvalue weighted by Gasteiger charge is -2.26. The monoisotopic (exact) mass is 453 g/mol. The highest BCUT2D eigenvalue weighted by atomic mass is 35.5. The van der Waals surface area contributed by atoms with E-state index in [1.54, 1.807) is 6.07 Å². The third-order valence-electron chi connectivity index (χ3n) is 4.33. The van der Waals surface area contributed by atoms with Crippen molar-refractivity contribution in [1.29, 1.82) is 0 Å². The lowest BCUT2D eigenvalue weighted by Crippen LogP contribution is -2.40. The van der Waals surface area contributed by atoms with Crippen LogP contribution in [0, 0.1) is 0 Å². The second kappa shape index (κ2) is 9.52. The summed E-state index contributed by atoms with van der Waals surface area (Å²) in [4.78, 5) is 28.5. The first-order valence-corrected chi connectivity index (χ1v) is 10.9. The molecule has 1 saturated heterocycles. The molecule has 1 fully saturated rings. The normalized spacial score (nSPS) is 15.9. The summed E-state index contributed by atoms with van der Waals surface area (Å²) < 4.78 is 36.9. The van der Waals surface area contributed by atoms with Gasteiger partial charge in [-0.2, -0.15) is 4.31 Å². The van der Waals surface area contributed by atoms with Crippen LogP contribution in [0.1, 0.15) is 17.3 Å². The smallest absolute Gasteiger partial charge is 0.338 e. The summed E-state index contributed by atoms with van der Waals surface area (Å²) in [5.41, 5.74) is 0.125. The fourth-order valence-electron chi connectivity index (χ4n) is 2.66. The Labute approximate surface area is 179 Å². The van der Waals surface area contributed by atoms with Gasteiger partial charge in [0.2, 0.25) is 10.0 Å². The molecule has 0 saturated carbocycles. The molecular formula is C19H20ClN3O6S. The van der Waals surface area contributed by atoms with Crippen LogP contribution in [0.2, 0.25) is 5.02 Å². The highest BCUT2D eigenvalue weighted by Crippen LogP contribution is 2.18. The number of esters is 1. The number of aromatic nitrogens is 1. The van der Waals surface area contributed by atoms with Gasteiger partial charge in [-0.3, -0.25) is 4.79 Å². The number of hydrogen-bond acceptors (Lipinski definition) is 7. The molecule has 1 amide bonds. The number of amides is 1. The number of nitrogens with zero attached hydrogens (tertiary/aromatic N) is 2. The summed E-state index contributed by atoms with van der Waals surface area (Å²) in [7, 11) is -3.66. The molecule has 0 spiro atoms. The van der Waals surface area contributed by atoms with Crippen LogP contribution in [-0.2, 0) is 24.3 Å². The number of halogens is 1. The molecule has 2 aromatic rings. The second-order valence-corrected chi connectivity index (χ2v) is 8.81. The van der Waals surface area contributed by atoms with E-state index in [2.05, 4.69) is 10.3 Å². The Morgan fingerprint density at radius 3 is 2.43 bits per heavy atom. The number of carbonyl (C=O) groups is 2. The first kappa shape index (κ1) is 22.2. The summed E-state index contributed by atoms with van der Waals surface area (Å²) in [5, 5.41) is 2.93. The predicted molar refractivity (Wildman–Crippen MR) is 109 cm³/mol. The van der Waals surface area contributed by atoms with Crippen LogP contribution in [0.3, 0.4) is 0 Å². The molecule has 160 valence electrons. The lowest BCUT2D eigenvalue weighted by atomic mass is 10.2. The molecule has 0 bridgehead atoms. The van der Waals surface area contributed by atoms with E-state index in [0.29, 0.717) is 18.2 Å². The maximum absolute atomic E-state index is 12.6. The van der Waals surface area contributed by atoms with Gasteiger partial charge < -0.3 is 14.8 Å². The van der Waals surface area contributed by atoms with E-state index in [-0.39, 0.29) is 29.4 Å². The maximum atomic E-state index is 12.6. The summed E-state index contributed by atoms with van der Waals surface area (Å²) in [6.45, 7) is 2.66. The van der Waals surface area contributed by atoms with Crippen LogP contribution in [0.4, 0.5) is 5.82 Å². The number of nitrogens with one attached hydrogen (secondary N) is 1. The summed E-state index contributed by atoms with van der Waals surface area (Å²) >= 11 is 5.74. The van der Waals surface area contributed by atoms with Crippen molar-refractivity contribution in [3.63, 3.8) is 0 Å². The Morgan fingerprint density at radius 2 is 1.83 bits per heavy atom. The SMILES string of the molecule is CC(OC(=O)c1ccc(S(=O)(=O)N2CCOCC2)cc1)C(=O)Nc1ccc(Cl)cn1. The maximum Gasteiger partial charge on any atom is 0.338 e. The Morgan fingerprint density at radius 1 is 1.17 bits per heavy atom. The molecule has 1 aliphatic heterocycles. The van der Waals surface area contributed by atoms with E-state index in [0.717, 1.165) is 0 Å². The van der Waals surface area contributed by atoms with Crippen molar-refractivity contribution in [2.45, 2.75) is 17.9 Å². The number of sulfonamides is 1. The van der Waals surface area contributed by atoms with Gasteiger partial charge in [0.15, 0.2) is 6.10 Å². The number of rotatable bonds is 6. The predicted octanol–water partition coefficient (Wildman–Crippen LogP) is 1.94. The molecule has 0 radical (unpaired) electrons. The van der Waals surface area contributed by atoms with E-state index in [1.165, 1.54) is 47.8 Å². The fraction of sp³-hybridized carbons (Fsp3) is 0.316. The first-order chi connectivity index (χ1) is 14.3. The minimum absolute atomic E-state index is 0.0700. The first-order valence-electron chi connectivity index (χ1n) is 9.09. The molecule has 9 nitrogen and oxygen atoms in total. The summed E-state index contributed by atoms with van der Waals surface area (Å²) in [5.74, 6) is -1.05. The molecule has 2 heterocycles. The minimum atomic E-state index is -3.66. The number of benzene rings is 1. The molecule has 1 unspecified atom stereocenters. The van der Waals surface area contributed by atoms with Gasteiger partial charge in [0, 0.05) is 19.3 Å². The quantitative estimate of drug-likeness (QED) is 0.664. The molecule has 1 N–H and O–H groups in total. The molecule has 3 rings (SSSR count). The standard InChI is InChI=1S/C19H20ClN3O6S/c1-13(18(24)22-17-7-4-15(20)12-21-17)29-19(25)14-2-5-16(6-3-14)30(26,27)23-8-10-28-11-9-23/h2-7,12-13H,8-11H2,1H3,(H,21,22,24). The zero-order valence-corrected chi connectivity index (χ0v) is 17.6. The van der Waals surface area contributed by atoms with Gasteiger partial charge in [0.25, 0.3) is 5.91 Å². The van der Waals surface area contributed by atoms with E-state index in [1.807, 2.05) is 0 Å². The zero-order valence-electron chi connectivity index (χ0n) is 16.1. The Hall–Kier alpha value is -2.53. The molecular weight excluding hydrogens is 434 g/mol. The number of morpholine rings is 1. The van der Waals surface area contributed by atoms with Crippen molar-refractivity contribution in [3.8, 4) is 0 Å². The van der Waals surface area contributed by atoms with Gasteiger partial charge >= 0.3 is 5.97 Å². The van der Waals surface area contributed by atoms with Crippen molar-refractivity contribution in [3.05, 3.63) is 53.2 Å². The third kappa shape index (κ3) is 5.33. The number of carbonyl (C=O) groups excluding carboxylic acids is 2. The van der Waals surface area contributed by atoms with Crippen LogP contribution < -0.4 is 5.32 Å². The Balaban J connectivity index is 1.61. The van der Waals surface area contributed by atoms with Gasteiger partial charge in [0.1, 0.15) is 5.82 Å². The van der Waals surface area contributed by atoms with Crippen molar-refractivity contribution in [1.82, 2.24) is 9.29 Å². The zero-order chi connectivity index (χ0) is 21.7. The minimum Gasteiger partial charge on any atom is -0.449 e. The fourth-order valence-corrected chi connectivity index (χ4v) is 4.18. The van der Waals surface area contributed by atoms with Crippen LogP contribution in [0.25, 0.3) is 0 Å². The van der Waals surface area contributed by atoms with Crippen molar-refractivity contribution in [2.75, 3.05) is 31.6 Å². The highest BCUT2D eigenvalue weighted by Gasteiger charge is 2.27. The van der Waals surface area contributed by atoms with E-state index < -0.39 is 28.0 Å². The van der Waals surface area contributed by atoms with Gasteiger partial charge in [0.05, 0.1) is 28.7 Å². The summed E-state index contributed by atoms with van der Waals surface area (Å²) in [6, 6.07) is 8.45. The van der Waals surface area contributed by atoms with Gasteiger partial charge in [-0.15, -0.1) is 0 Å². The summed E-state index contributed by atoms with van der Waals surface area (Å²) in [6.07, 6.45) is 0.284. The topological polar surface area (TPSA) is 115 Å². The van der Waals surface area contributed by atoms with Crippen molar-refractivity contribution >= 4 is 39.3 Å². The average molecular weight is 454 g/mol. The molecule has 30 heavy (non-hydrogen) atoms. The second-order valence-electron chi connectivity index (χ2n) is 6.44. The molecule has 11 heteroatoms. The van der Waals surface area contributed by atoms with Crippen molar-refractivity contribution < 1.29 is 27.5 Å². The molecule has 1 aromatic heterocycles. The lowest BCUT2D eigenvalue weighted by molar-refractivity contribution is -0.123. The van der Waals surface area contributed by atoms with Crippen LogP contribution in [0.15, 0.2) is 47.5 Å². The van der Waals surface area contributed by atoms with E-state index >= 15 is 0 Å². The molecule has 1 aliphatic rings. The average Bonchev–Trinajstić information content (AvgIpc) is 2.76. The number of hydrogen-bond donors (Lipinski definition) is 1. The van der Waals surface area contributed by atoms with E-state index in [9.17, 15) is 18.0 Å². The molecule has 0 aliphatic carbocycles. The number of pyridine rings is 1. The molecule has 1 atom stereocenters. The van der Waals surface area contributed by atoms with Gasteiger partial charge in [-0.25, -0.2) is 18.2 Å². The van der Waals surface area contributed by atoms with Crippen LogP contribution in [-0.4, -0.2) is 62.0 Å². The highest BCUT2D eigenvalue weighted by molar-refractivity contribution is 7.89.